The van der Waals surface area contributed by atoms with Crippen molar-refractivity contribution in [2.45, 2.75) is 27.0 Å². The van der Waals surface area contributed by atoms with Crippen molar-refractivity contribution in [3.05, 3.63) is 60.0 Å². The first-order chi connectivity index (χ1) is 11.7. The number of anilines is 2. The minimum atomic E-state index is -0.864. The number of benzene rings is 1. The van der Waals surface area contributed by atoms with Crippen molar-refractivity contribution < 1.29 is 9.90 Å². The Bertz CT molecular complexity index is 907. The zero-order chi connectivity index (χ0) is 18.2. The van der Waals surface area contributed by atoms with Gasteiger partial charge < -0.3 is 20.6 Å². The van der Waals surface area contributed by atoms with Gasteiger partial charge in [0, 0.05) is 29.1 Å². The lowest BCUT2D eigenvalue weighted by Gasteiger charge is -2.15. The van der Waals surface area contributed by atoms with Crippen LogP contribution in [-0.4, -0.2) is 20.3 Å². The predicted octanol–water partition coefficient (Wildman–Crippen LogP) is 3.25. The zero-order valence-electron chi connectivity index (χ0n) is 14.5. The molecule has 0 fully saturated rings. The lowest BCUT2D eigenvalue weighted by atomic mass is 9.89. The molecule has 6 nitrogen and oxygen atoms in total. The first-order valence-corrected chi connectivity index (χ1v) is 8.07. The minimum Gasteiger partial charge on any atom is -0.399 e. The van der Waals surface area contributed by atoms with E-state index in [1.165, 1.54) is 0 Å². The summed E-state index contributed by atoms with van der Waals surface area (Å²) in [6, 6.07) is 10.6. The number of aliphatic hydroxyl groups excluding tert-OH is 1. The smallest absolute Gasteiger partial charge is 0.188 e. The topological polar surface area (TPSA) is 92.6 Å². The van der Waals surface area contributed by atoms with Crippen LogP contribution < -0.4 is 11.1 Å². The van der Waals surface area contributed by atoms with Gasteiger partial charge in [0.2, 0.25) is 0 Å². The van der Waals surface area contributed by atoms with Crippen LogP contribution in [0.1, 0.15) is 43.1 Å². The van der Waals surface area contributed by atoms with Crippen molar-refractivity contribution in [1.82, 2.24) is 9.38 Å². The molecule has 1 aromatic carbocycles. The zero-order valence-corrected chi connectivity index (χ0v) is 14.5. The number of nitrogen functional groups attached to an aromatic ring is 1. The number of aromatic nitrogens is 2. The highest BCUT2D eigenvalue weighted by molar-refractivity contribution is 5.98. The fourth-order valence-electron chi connectivity index (χ4n) is 2.49. The maximum absolute atomic E-state index is 12.4. The predicted molar refractivity (Wildman–Crippen MR) is 98.4 cm³/mol. The molecule has 1 atom stereocenters. The van der Waals surface area contributed by atoms with Gasteiger partial charge in [-0.1, -0.05) is 32.9 Å². The largest absolute Gasteiger partial charge is 0.399 e. The van der Waals surface area contributed by atoms with Gasteiger partial charge in [0.15, 0.2) is 12.0 Å². The highest BCUT2D eigenvalue weighted by Crippen LogP contribution is 2.22. The van der Waals surface area contributed by atoms with Gasteiger partial charge in [0.1, 0.15) is 11.3 Å². The van der Waals surface area contributed by atoms with E-state index in [9.17, 15) is 9.90 Å². The third-order valence-corrected chi connectivity index (χ3v) is 3.92. The van der Waals surface area contributed by atoms with Gasteiger partial charge in [-0.3, -0.25) is 4.79 Å². The van der Waals surface area contributed by atoms with Crippen LogP contribution in [0.4, 0.5) is 11.4 Å². The molecule has 0 bridgehead atoms. The second kappa shape index (κ2) is 6.22. The summed E-state index contributed by atoms with van der Waals surface area (Å²) in [5.74, 6) is -0.00683. The number of aliphatic hydroxyl groups is 1. The van der Waals surface area contributed by atoms with Crippen molar-refractivity contribution in [3.63, 3.8) is 0 Å². The van der Waals surface area contributed by atoms with Gasteiger partial charge >= 0.3 is 0 Å². The highest BCUT2D eigenvalue weighted by atomic mass is 16.3. The fraction of sp³-hybridized carbons (Fsp3) is 0.263. The van der Waals surface area contributed by atoms with Crippen molar-refractivity contribution >= 4 is 22.8 Å². The molecule has 0 saturated carbocycles. The number of imidazole rings is 1. The number of carbonyl (C=O) groups is 1. The fourth-order valence-corrected chi connectivity index (χ4v) is 2.49. The van der Waals surface area contributed by atoms with Crippen LogP contribution in [0.3, 0.4) is 0 Å². The van der Waals surface area contributed by atoms with Crippen LogP contribution in [0, 0.1) is 5.41 Å². The molecule has 2 aromatic heterocycles. The van der Waals surface area contributed by atoms with Crippen LogP contribution in [0.2, 0.25) is 0 Å². The van der Waals surface area contributed by atoms with Crippen molar-refractivity contribution in [3.8, 4) is 0 Å². The number of pyridine rings is 1. The normalized spacial score (nSPS) is 13.0. The summed E-state index contributed by atoms with van der Waals surface area (Å²) >= 11 is 0. The standard InChI is InChI=1S/C19H22N4O2/c1-19(2,3)17(24)15-11-23-10-14(8-9-16(23)22-15)21-18(25)12-4-6-13(20)7-5-12/h4-11,18,21,25H,20H2,1-3H3. The summed E-state index contributed by atoms with van der Waals surface area (Å²) in [4.78, 5) is 16.7. The Morgan fingerprint density at radius 1 is 1.16 bits per heavy atom. The minimum absolute atomic E-state index is 0.00683. The summed E-state index contributed by atoms with van der Waals surface area (Å²) in [7, 11) is 0. The number of nitrogens with two attached hydrogens (primary N) is 1. The molecule has 0 aliphatic heterocycles. The second-order valence-corrected chi connectivity index (χ2v) is 7.10. The molecular weight excluding hydrogens is 316 g/mol. The number of fused-ring (bicyclic) bond motifs is 1. The lowest BCUT2D eigenvalue weighted by molar-refractivity contribution is 0.0853. The third-order valence-electron chi connectivity index (χ3n) is 3.92. The Morgan fingerprint density at radius 2 is 1.84 bits per heavy atom. The van der Waals surface area contributed by atoms with Crippen LogP contribution in [0.25, 0.3) is 5.65 Å². The summed E-state index contributed by atoms with van der Waals surface area (Å²) in [5, 5.41) is 13.3. The van der Waals surface area contributed by atoms with Crippen LogP contribution >= 0.6 is 0 Å². The lowest BCUT2D eigenvalue weighted by Crippen LogP contribution is -2.20. The Kier molecular flexibility index (Phi) is 4.22. The number of nitrogens with zero attached hydrogens (tertiary/aromatic N) is 2. The average Bonchev–Trinajstić information content (AvgIpc) is 2.96. The van der Waals surface area contributed by atoms with E-state index in [2.05, 4.69) is 10.3 Å². The summed E-state index contributed by atoms with van der Waals surface area (Å²) < 4.78 is 1.77. The molecule has 2 heterocycles. The van der Waals surface area contributed by atoms with Crippen LogP contribution in [0.5, 0.6) is 0 Å². The van der Waals surface area contributed by atoms with E-state index in [1.807, 2.05) is 26.8 Å². The van der Waals surface area contributed by atoms with E-state index >= 15 is 0 Å². The Labute approximate surface area is 146 Å². The first kappa shape index (κ1) is 17.0. The second-order valence-electron chi connectivity index (χ2n) is 7.10. The maximum atomic E-state index is 12.4. The van der Waals surface area contributed by atoms with E-state index in [4.69, 9.17) is 5.73 Å². The number of hydrogen-bond acceptors (Lipinski definition) is 5. The van der Waals surface area contributed by atoms with Crippen molar-refractivity contribution in [2.24, 2.45) is 5.41 Å². The summed E-state index contributed by atoms with van der Waals surface area (Å²) in [6.45, 7) is 5.61. The number of hydrogen-bond donors (Lipinski definition) is 3. The molecule has 0 saturated heterocycles. The molecule has 1 unspecified atom stereocenters. The number of ketones is 1. The van der Waals surface area contributed by atoms with Gasteiger partial charge in [-0.25, -0.2) is 4.98 Å². The number of carbonyl (C=O) groups excluding carboxylic acids is 1. The number of rotatable bonds is 4. The van der Waals surface area contributed by atoms with Crippen LogP contribution in [-0.2, 0) is 0 Å². The van der Waals surface area contributed by atoms with Gasteiger partial charge in [-0.2, -0.15) is 0 Å². The van der Waals surface area contributed by atoms with Crippen molar-refractivity contribution in [1.29, 1.82) is 0 Å². The highest BCUT2D eigenvalue weighted by Gasteiger charge is 2.25. The summed E-state index contributed by atoms with van der Waals surface area (Å²) in [5.41, 5.74) is 8.36. The first-order valence-electron chi connectivity index (χ1n) is 8.07. The molecule has 0 spiro atoms. The van der Waals surface area contributed by atoms with Gasteiger partial charge in [-0.05, 0) is 24.3 Å². The maximum Gasteiger partial charge on any atom is 0.188 e. The molecule has 0 aliphatic rings. The average molecular weight is 338 g/mol. The van der Waals surface area contributed by atoms with E-state index in [0.29, 0.717) is 28.3 Å². The Morgan fingerprint density at radius 3 is 2.48 bits per heavy atom. The molecule has 25 heavy (non-hydrogen) atoms. The number of Topliss-reactive ketones (excluding diaryl/α,β-unsaturated/α-hetero) is 1. The van der Waals surface area contributed by atoms with Gasteiger partial charge in [0.05, 0.1) is 5.69 Å². The van der Waals surface area contributed by atoms with Gasteiger partial charge in [-0.15, -0.1) is 0 Å². The molecule has 3 rings (SSSR count). The Hall–Kier alpha value is -2.86. The van der Waals surface area contributed by atoms with E-state index in [-0.39, 0.29) is 5.78 Å². The van der Waals surface area contributed by atoms with E-state index < -0.39 is 11.6 Å². The van der Waals surface area contributed by atoms with E-state index in [1.54, 1.807) is 47.1 Å². The molecular formula is C19H22N4O2. The molecule has 0 radical (unpaired) electrons. The monoisotopic (exact) mass is 338 g/mol. The molecule has 4 N–H and O–H groups in total. The molecule has 3 aromatic rings. The summed E-state index contributed by atoms with van der Waals surface area (Å²) in [6.07, 6.45) is 2.64. The number of nitrogens with one attached hydrogen (secondary N) is 1. The van der Waals surface area contributed by atoms with Crippen LogP contribution in [0.15, 0.2) is 48.8 Å². The molecule has 6 heteroatoms. The quantitative estimate of drug-likeness (QED) is 0.386. The van der Waals surface area contributed by atoms with Gasteiger partial charge in [0.25, 0.3) is 0 Å². The van der Waals surface area contributed by atoms with Crippen molar-refractivity contribution in [2.75, 3.05) is 11.1 Å². The van der Waals surface area contributed by atoms with E-state index in [0.717, 1.165) is 0 Å². The molecule has 0 aliphatic carbocycles. The molecule has 130 valence electrons. The SMILES string of the molecule is CC(C)(C)C(=O)c1cn2cc(NC(O)c3ccc(N)cc3)ccc2n1. The molecule has 0 amide bonds. The Balaban J connectivity index is 1.83. The third kappa shape index (κ3) is 3.64.